The molecule has 2 heterocycles. The average molecular weight is 394 g/mol. The smallest absolute Gasteiger partial charge is 0.187 e. The maximum absolute atomic E-state index is 13.8. The van der Waals surface area contributed by atoms with E-state index in [0.29, 0.717) is 23.4 Å². The summed E-state index contributed by atoms with van der Waals surface area (Å²) in [5.41, 5.74) is 2.08. The highest BCUT2D eigenvalue weighted by molar-refractivity contribution is 6.13. The molecule has 4 rings (SSSR count). The Morgan fingerprint density at radius 3 is 2.66 bits per heavy atom. The number of fused-ring (bicyclic) bond motifs is 1. The predicted octanol–water partition coefficient (Wildman–Crippen LogP) is 5.11. The van der Waals surface area contributed by atoms with Crippen LogP contribution in [0.2, 0.25) is 0 Å². The van der Waals surface area contributed by atoms with Gasteiger partial charge in [-0.25, -0.2) is 8.78 Å². The van der Waals surface area contributed by atoms with Gasteiger partial charge in [-0.3, -0.25) is 9.69 Å². The second-order valence-corrected chi connectivity index (χ2v) is 7.74. The van der Waals surface area contributed by atoms with Crippen molar-refractivity contribution in [3.8, 4) is 0 Å². The van der Waals surface area contributed by atoms with Gasteiger partial charge in [0.15, 0.2) is 5.78 Å². The first-order valence-corrected chi connectivity index (χ1v) is 9.94. The minimum Gasteiger partial charge on any atom is -0.350 e. The number of rotatable bonds is 5. The van der Waals surface area contributed by atoms with Crippen molar-refractivity contribution in [3.05, 3.63) is 83.6 Å². The SMILES string of the molecule is Cn1cc(C(=O)C=CC2CCN(Cc3ccccc3F)CC2)c2cc(F)ccc21. The van der Waals surface area contributed by atoms with E-state index in [1.807, 2.05) is 29.8 Å². The van der Waals surface area contributed by atoms with E-state index in [1.165, 1.54) is 18.2 Å². The molecule has 0 amide bonds. The molecule has 0 N–H and O–H groups in total. The summed E-state index contributed by atoms with van der Waals surface area (Å²) < 4.78 is 29.3. The van der Waals surface area contributed by atoms with Crippen LogP contribution in [0.25, 0.3) is 10.9 Å². The van der Waals surface area contributed by atoms with Crippen molar-refractivity contribution in [1.82, 2.24) is 9.47 Å². The van der Waals surface area contributed by atoms with Gasteiger partial charge in [0.2, 0.25) is 0 Å². The molecule has 1 aliphatic rings. The molecular formula is C24H24F2N2O. The van der Waals surface area contributed by atoms with E-state index >= 15 is 0 Å². The number of allylic oxidation sites excluding steroid dienone is 2. The zero-order valence-corrected chi connectivity index (χ0v) is 16.4. The van der Waals surface area contributed by atoms with Crippen LogP contribution in [0.1, 0.15) is 28.8 Å². The lowest BCUT2D eigenvalue weighted by Gasteiger charge is -2.30. The number of nitrogens with zero attached hydrogens (tertiary/aromatic N) is 2. The van der Waals surface area contributed by atoms with Crippen molar-refractivity contribution in [3.63, 3.8) is 0 Å². The van der Waals surface area contributed by atoms with E-state index in [1.54, 1.807) is 24.4 Å². The van der Waals surface area contributed by atoms with Crippen LogP contribution in [0.3, 0.4) is 0 Å². The number of carbonyl (C=O) groups is 1. The lowest BCUT2D eigenvalue weighted by atomic mass is 9.95. The fourth-order valence-electron chi connectivity index (χ4n) is 4.04. The van der Waals surface area contributed by atoms with Gasteiger partial charge in [-0.05, 0) is 62.2 Å². The van der Waals surface area contributed by atoms with Gasteiger partial charge in [0, 0.05) is 41.8 Å². The molecule has 0 unspecified atom stereocenters. The molecule has 0 aliphatic carbocycles. The van der Waals surface area contributed by atoms with Crippen molar-refractivity contribution in [2.24, 2.45) is 13.0 Å². The van der Waals surface area contributed by atoms with Crippen LogP contribution in [0.15, 0.2) is 60.8 Å². The monoisotopic (exact) mass is 394 g/mol. The largest absolute Gasteiger partial charge is 0.350 e. The summed E-state index contributed by atoms with van der Waals surface area (Å²) in [7, 11) is 1.85. The Morgan fingerprint density at radius 1 is 1.14 bits per heavy atom. The number of hydrogen-bond acceptors (Lipinski definition) is 2. The highest BCUT2D eigenvalue weighted by Gasteiger charge is 2.19. The molecular weight excluding hydrogens is 370 g/mol. The second kappa shape index (κ2) is 8.29. The molecule has 1 saturated heterocycles. The van der Waals surface area contributed by atoms with Gasteiger partial charge in [0.05, 0.1) is 0 Å². The van der Waals surface area contributed by atoms with Crippen LogP contribution in [0.5, 0.6) is 0 Å². The first-order valence-electron chi connectivity index (χ1n) is 9.94. The summed E-state index contributed by atoms with van der Waals surface area (Å²) >= 11 is 0. The first-order chi connectivity index (χ1) is 14.0. The molecule has 0 spiro atoms. The van der Waals surface area contributed by atoms with E-state index in [2.05, 4.69) is 4.90 Å². The number of halogens is 2. The van der Waals surface area contributed by atoms with E-state index in [9.17, 15) is 13.6 Å². The molecule has 0 bridgehead atoms. The zero-order chi connectivity index (χ0) is 20.4. The average Bonchev–Trinajstić information content (AvgIpc) is 3.05. The van der Waals surface area contributed by atoms with Crippen molar-refractivity contribution in [2.45, 2.75) is 19.4 Å². The highest BCUT2D eigenvalue weighted by Crippen LogP contribution is 2.24. The van der Waals surface area contributed by atoms with E-state index < -0.39 is 0 Å². The third-order valence-corrected chi connectivity index (χ3v) is 5.72. The standard InChI is InChI=1S/C24H24F2N2O/c1-27-16-21(20-14-19(25)7-8-23(20)27)24(29)9-6-17-10-12-28(13-11-17)15-18-4-2-3-5-22(18)26/h2-9,14,16-17H,10-13,15H2,1H3. The minimum atomic E-state index is -0.344. The number of piperidine rings is 1. The summed E-state index contributed by atoms with van der Waals surface area (Å²) in [5.74, 6) is -0.284. The van der Waals surface area contributed by atoms with Gasteiger partial charge < -0.3 is 4.57 Å². The van der Waals surface area contributed by atoms with Gasteiger partial charge in [0.25, 0.3) is 0 Å². The molecule has 5 heteroatoms. The van der Waals surface area contributed by atoms with Crippen LogP contribution in [-0.4, -0.2) is 28.3 Å². The topological polar surface area (TPSA) is 25.2 Å². The summed E-state index contributed by atoms with van der Waals surface area (Å²) in [6.45, 7) is 2.36. The summed E-state index contributed by atoms with van der Waals surface area (Å²) in [5, 5.41) is 0.641. The molecule has 0 radical (unpaired) electrons. The minimum absolute atomic E-state index is 0.102. The summed E-state index contributed by atoms with van der Waals surface area (Å²) in [6.07, 6.45) is 7.22. The number of aromatic nitrogens is 1. The number of likely N-dealkylation sites (tertiary alicyclic amines) is 1. The molecule has 1 aromatic heterocycles. The van der Waals surface area contributed by atoms with E-state index in [4.69, 9.17) is 0 Å². The lowest BCUT2D eigenvalue weighted by molar-refractivity contribution is 0.104. The van der Waals surface area contributed by atoms with Gasteiger partial charge in [-0.1, -0.05) is 24.3 Å². The Labute approximate surface area is 169 Å². The maximum Gasteiger partial charge on any atom is 0.187 e. The van der Waals surface area contributed by atoms with Crippen LogP contribution in [0.4, 0.5) is 8.78 Å². The number of hydrogen-bond donors (Lipinski definition) is 0. The second-order valence-electron chi connectivity index (χ2n) is 7.74. The molecule has 3 nitrogen and oxygen atoms in total. The predicted molar refractivity (Wildman–Crippen MR) is 111 cm³/mol. The van der Waals surface area contributed by atoms with Gasteiger partial charge in [0.1, 0.15) is 11.6 Å². The van der Waals surface area contributed by atoms with Crippen LogP contribution in [-0.2, 0) is 13.6 Å². The van der Waals surface area contributed by atoms with Crippen molar-refractivity contribution < 1.29 is 13.6 Å². The lowest BCUT2D eigenvalue weighted by Crippen LogP contribution is -2.33. The first kappa shape index (κ1) is 19.5. The van der Waals surface area contributed by atoms with Crippen LogP contribution < -0.4 is 0 Å². The molecule has 1 fully saturated rings. The van der Waals surface area contributed by atoms with Crippen molar-refractivity contribution in [1.29, 1.82) is 0 Å². The molecule has 150 valence electrons. The zero-order valence-electron chi connectivity index (χ0n) is 16.4. The fourth-order valence-corrected chi connectivity index (χ4v) is 4.04. The normalized spacial score (nSPS) is 16.1. The number of ketones is 1. The Balaban J connectivity index is 1.38. The number of benzene rings is 2. The number of carbonyl (C=O) groups excluding carboxylic acids is 1. The Bertz CT molecular complexity index is 1060. The van der Waals surface area contributed by atoms with Gasteiger partial charge in [-0.2, -0.15) is 0 Å². The maximum atomic E-state index is 13.8. The Hall–Kier alpha value is -2.79. The van der Waals surface area contributed by atoms with Crippen molar-refractivity contribution in [2.75, 3.05) is 13.1 Å². The third kappa shape index (κ3) is 4.30. The van der Waals surface area contributed by atoms with Crippen LogP contribution >= 0.6 is 0 Å². The van der Waals surface area contributed by atoms with Gasteiger partial charge in [-0.15, -0.1) is 0 Å². The summed E-state index contributed by atoms with van der Waals surface area (Å²) in [6, 6.07) is 11.4. The van der Waals surface area contributed by atoms with Crippen molar-refractivity contribution >= 4 is 16.7 Å². The Kier molecular flexibility index (Phi) is 5.58. The highest BCUT2D eigenvalue weighted by atomic mass is 19.1. The molecule has 1 aliphatic heterocycles. The third-order valence-electron chi connectivity index (χ3n) is 5.72. The quantitative estimate of drug-likeness (QED) is 0.444. The molecule has 29 heavy (non-hydrogen) atoms. The molecule has 0 saturated carbocycles. The van der Waals surface area contributed by atoms with E-state index in [-0.39, 0.29) is 17.4 Å². The number of aryl methyl sites for hydroxylation is 1. The van der Waals surface area contributed by atoms with Gasteiger partial charge >= 0.3 is 0 Å². The Morgan fingerprint density at radius 2 is 1.90 bits per heavy atom. The molecule has 3 aromatic rings. The summed E-state index contributed by atoms with van der Waals surface area (Å²) in [4.78, 5) is 14.9. The fraction of sp³-hybridized carbons (Fsp3) is 0.292. The van der Waals surface area contributed by atoms with Crippen LogP contribution in [0, 0.1) is 17.6 Å². The molecule has 2 aromatic carbocycles. The molecule has 0 atom stereocenters. The van der Waals surface area contributed by atoms with E-state index in [0.717, 1.165) is 37.0 Å².